The Morgan fingerprint density at radius 1 is 0.597 bits per heavy atom. The van der Waals surface area contributed by atoms with Gasteiger partial charge in [-0.05, 0) is 127 Å². The van der Waals surface area contributed by atoms with Crippen molar-refractivity contribution in [2.45, 2.75) is 113 Å². The molecule has 0 aromatic heterocycles. The summed E-state index contributed by atoms with van der Waals surface area (Å²) in [5.41, 5.74) is -0.114. The highest BCUT2D eigenvalue weighted by atomic mass is 32.2. The zero-order valence-corrected chi connectivity index (χ0v) is 36.6. The van der Waals surface area contributed by atoms with Crippen molar-refractivity contribution >= 4 is 59.3 Å². The van der Waals surface area contributed by atoms with Crippen LogP contribution < -0.4 is 9.47 Å². The second-order valence-electron chi connectivity index (χ2n) is 15.9. The largest absolute Gasteiger partial charge is 0.465 e. The minimum atomic E-state index is -0.496. The molecule has 5 rings (SSSR count). The Balaban J connectivity index is 1.08. The Labute approximate surface area is 371 Å². The number of benzene rings is 1. The number of nitriles is 1. The Morgan fingerprint density at radius 2 is 0.935 bits per heavy atom. The van der Waals surface area contributed by atoms with E-state index in [0.29, 0.717) is 96.7 Å². The quantitative estimate of drug-likeness (QED) is 0.0244. The monoisotopic (exact) mass is 890 g/mol. The highest BCUT2D eigenvalue weighted by Crippen LogP contribution is 2.59. The van der Waals surface area contributed by atoms with E-state index in [9.17, 15) is 34.0 Å². The van der Waals surface area contributed by atoms with Crippen molar-refractivity contribution < 1.29 is 57.2 Å². The zero-order chi connectivity index (χ0) is 44.4. The summed E-state index contributed by atoms with van der Waals surface area (Å²) in [4.78, 5) is 79.0. The van der Waals surface area contributed by atoms with Crippen LogP contribution in [0.1, 0.15) is 103 Å². The van der Waals surface area contributed by atoms with E-state index in [2.05, 4.69) is 18.0 Å². The summed E-state index contributed by atoms with van der Waals surface area (Å²) in [7, 11) is 0. The molecule has 4 aliphatic rings. The van der Waals surface area contributed by atoms with Crippen LogP contribution in [0.25, 0.3) is 4.85 Å². The van der Waals surface area contributed by atoms with Gasteiger partial charge >= 0.3 is 35.8 Å². The van der Waals surface area contributed by atoms with Crippen molar-refractivity contribution in [2.75, 3.05) is 26.4 Å². The molecule has 0 unspecified atom stereocenters. The van der Waals surface area contributed by atoms with Gasteiger partial charge in [-0.2, -0.15) is 0 Å². The SMILES string of the molecule is [C-]#[N+]/C(C#N)=C1\Sc2c(OC(=O)C3CCC(C(=O)OCCCCOC(=O)C=C)CC3)ccc(OC(=O)C3CCC(C4CCC(C(=O)OCCCCOC(=O)C=C)CC4)CC3)c2S1. The average molecular weight is 891 g/mol. The molecule has 0 N–H and O–H groups in total. The van der Waals surface area contributed by atoms with E-state index >= 15 is 0 Å². The van der Waals surface area contributed by atoms with Gasteiger partial charge in [-0.1, -0.05) is 36.7 Å². The second-order valence-corrected chi connectivity index (χ2v) is 18.2. The van der Waals surface area contributed by atoms with E-state index < -0.39 is 23.8 Å². The molecule has 0 bridgehead atoms. The lowest BCUT2D eigenvalue weighted by Gasteiger charge is -2.36. The number of esters is 6. The number of ether oxygens (including phenoxy) is 6. The lowest BCUT2D eigenvalue weighted by Crippen LogP contribution is -2.31. The van der Waals surface area contributed by atoms with Gasteiger partial charge < -0.3 is 28.4 Å². The maximum Gasteiger partial charge on any atom is 0.330 e. The Bertz CT molecular complexity index is 1930. The summed E-state index contributed by atoms with van der Waals surface area (Å²) in [6, 6.07) is 5.09. The van der Waals surface area contributed by atoms with Crippen LogP contribution in [0.2, 0.25) is 0 Å². The van der Waals surface area contributed by atoms with Gasteiger partial charge in [0.2, 0.25) is 0 Å². The van der Waals surface area contributed by atoms with Crippen molar-refractivity contribution in [1.82, 2.24) is 0 Å². The van der Waals surface area contributed by atoms with Crippen molar-refractivity contribution in [3.05, 3.63) is 58.8 Å². The molecule has 0 saturated heterocycles. The molecular formula is C46H54N2O12S2. The van der Waals surface area contributed by atoms with E-state index in [4.69, 9.17) is 35.0 Å². The number of rotatable bonds is 19. The van der Waals surface area contributed by atoms with Crippen molar-refractivity contribution in [3.63, 3.8) is 0 Å². The Kier molecular flexibility index (Phi) is 19.0. The molecule has 1 heterocycles. The second kappa shape index (κ2) is 24.5. The predicted molar refractivity (Wildman–Crippen MR) is 228 cm³/mol. The number of carbonyl (C=O) groups excluding carboxylic acids is 6. The third kappa shape index (κ3) is 13.7. The third-order valence-corrected chi connectivity index (χ3v) is 14.5. The first-order valence-electron chi connectivity index (χ1n) is 21.4. The molecule has 1 aliphatic heterocycles. The highest BCUT2D eigenvalue weighted by Gasteiger charge is 2.38. The summed E-state index contributed by atoms with van der Waals surface area (Å²) in [5, 5.41) is 9.63. The Morgan fingerprint density at radius 3 is 1.27 bits per heavy atom. The van der Waals surface area contributed by atoms with Gasteiger partial charge in [-0.3, -0.25) is 19.2 Å². The van der Waals surface area contributed by atoms with Gasteiger partial charge in [0.1, 0.15) is 11.5 Å². The molecule has 0 amide bonds. The van der Waals surface area contributed by atoms with Crippen LogP contribution in [0.15, 0.2) is 57.2 Å². The fourth-order valence-electron chi connectivity index (χ4n) is 8.35. The molecule has 332 valence electrons. The number of unbranched alkanes of at least 4 members (excludes halogenated alkanes) is 2. The fraction of sp³-hybridized carbons (Fsp3) is 0.565. The molecule has 0 atom stereocenters. The average Bonchev–Trinajstić information content (AvgIpc) is 3.75. The molecule has 1 aromatic carbocycles. The number of carbonyl (C=O) groups is 6. The summed E-state index contributed by atoms with van der Waals surface area (Å²) >= 11 is 2.27. The number of nitrogens with zero attached hydrogens (tertiary/aromatic N) is 2. The molecule has 0 radical (unpaired) electrons. The van der Waals surface area contributed by atoms with Gasteiger partial charge in [-0.15, -0.1) is 0 Å². The summed E-state index contributed by atoms with van der Waals surface area (Å²) in [6.07, 6.45) is 13.0. The maximum atomic E-state index is 13.6. The van der Waals surface area contributed by atoms with Gasteiger partial charge in [0.15, 0.2) is 0 Å². The van der Waals surface area contributed by atoms with Crippen molar-refractivity contribution in [1.29, 1.82) is 5.26 Å². The molecule has 16 heteroatoms. The van der Waals surface area contributed by atoms with Crippen LogP contribution in [-0.4, -0.2) is 62.2 Å². The lowest BCUT2D eigenvalue weighted by molar-refractivity contribution is -0.152. The highest BCUT2D eigenvalue weighted by molar-refractivity contribution is 8.24. The van der Waals surface area contributed by atoms with Gasteiger partial charge in [0, 0.05) is 12.2 Å². The molecule has 0 spiro atoms. The number of thioether (sulfide) groups is 2. The van der Waals surface area contributed by atoms with Crippen molar-refractivity contribution in [3.8, 4) is 17.6 Å². The minimum absolute atomic E-state index is 0.109. The first-order chi connectivity index (χ1) is 30.0. The number of hydrogen-bond donors (Lipinski definition) is 0. The zero-order valence-electron chi connectivity index (χ0n) is 34.9. The molecular weight excluding hydrogens is 837 g/mol. The maximum absolute atomic E-state index is 13.6. The first-order valence-corrected chi connectivity index (χ1v) is 23.1. The molecule has 62 heavy (non-hydrogen) atoms. The van der Waals surface area contributed by atoms with Crippen LogP contribution in [-0.2, 0) is 47.7 Å². The minimum Gasteiger partial charge on any atom is -0.465 e. The summed E-state index contributed by atoms with van der Waals surface area (Å²) in [5.74, 6) is -1.93. The molecule has 3 fully saturated rings. The smallest absolute Gasteiger partial charge is 0.330 e. The van der Waals surface area contributed by atoms with E-state index in [-0.39, 0.29) is 72.7 Å². The predicted octanol–water partition coefficient (Wildman–Crippen LogP) is 8.83. The van der Waals surface area contributed by atoms with E-state index in [1.54, 1.807) is 12.1 Å². The number of allylic oxidation sites excluding steroid dienone is 1. The van der Waals surface area contributed by atoms with Crippen molar-refractivity contribution in [2.24, 2.45) is 35.5 Å². The molecule has 1 aromatic rings. The van der Waals surface area contributed by atoms with Crippen LogP contribution in [0.3, 0.4) is 0 Å². The molecule has 14 nitrogen and oxygen atoms in total. The van der Waals surface area contributed by atoms with Crippen LogP contribution in [0.5, 0.6) is 11.5 Å². The summed E-state index contributed by atoms with van der Waals surface area (Å²) in [6.45, 7) is 15.2. The van der Waals surface area contributed by atoms with Gasteiger partial charge in [-0.25, -0.2) is 19.7 Å². The number of hydrogen-bond acceptors (Lipinski definition) is 15. The Hall–Kier alpha value is -5.06. The first kappa shape index (κ1) is 48.0. The molecule has 3 saturated carbocycles. The fourth-order valence-corrected chi connectivity index (χ4v) is 10.8. The summed E-state index contributed by atoms with van der Waals surface area (Å²) < 4.78 is 33.1. The normalized spacial score (nSPS) is 23.8. The van der Waals surface area contributed by atoms with E-state index in [1.807, 2.05) is 6.07 Å². The standard InChI is InChI=1S/C46H54N2O12S2/c1-4-38(49)55-24-6-8-26-57-42(51)31-14-10-29(11-15-31)30-12-16-33(17-13-30)44(53)59-36-22-23-37(41-40(36)61-46(62-41)35(28-47)48-3)60-45(54)34-20-18-32(19-21-34)43(52)58-27-9-7-25-56-39(50)5-2/h4-5,22-23,29-34H,1-2,6-21,24-27H2/b46-35-. The number of fused-ring (bicyclic) bond motifs is 1. The van der Waals surface area contributed by atoms with Gasteiger partial charge in [0.05, 0.1) is 76.8 Å². The van der Waals surface area contributed by atoms with Gasteiger partial charge in [0.25, 0.3) is 5.70 Å². The molecule has 3 aliphatic carbocycles. The van der Waals surface area contributed by atoms with Crippen LogP contribution in [0, 0.1) is 53.4 Å². The third-order valence-electron chi connectivity index (χ3n) is 11.9. The topological polar surface area (TPSA) is 186 Å². The lowest BCUT2D eigenvalue weighted by atomic mass is 9.69. The van der Waals surface area contributed by atoms with E-state index in [1.165, 1.54) is 0 Å². The van der Waals surface area contributed by atoms with Crippen LogP contribution >= 0.6 is 23.5 Å². The van der Waals surface area contributed by atoms with E-state index in [0.717, 1.165) is 74.2 Å². The van der Waals surface area contributed by atoms with Crippen LogP contribution in [0.4, 0.5) is 0 Å².